The molecule has 0 aliphatic heterocycles. The number of nitrogens with one attached hydrogen (secondary N) is 2. The maximum atomic E-state index is 11.8. The Hall–Kier alpha value is -2.47. The molecule has 0 spiro atoms. The summed E-state index contributed by atoms with van der Waals surface area (Å²) in [5.41, 5.74) is 2.05. The lowest BCUT2D eigenvalue weighted by molar-refractivity contribution is -0.114. The van der Waals surface area contributed by atoms with Crippen LogP contribution in [0, 0.1) is 6.92 Å². The molecule has 0 bridgehead atoms. The van der Waals surface area contributed by atoms with Gasteiger partial charge in [0.1, 0.15) is 5.75 Å². The van der Waals surface area contributed by atoms with Crippen LogP contribution in [0.5, 0.6) is 5.75 Å². The van der Waals surface area contributed by atoms with Gasteiger partial charge in [-0.2, -0.15) is 0 Å². The molecule has 0 atom stereocenters. The smallest absolute Gasteiger partial charge is 0.234 e. The third kappa shape index (κ3) is 5.67. The molecule has 6 heteroatoms. The first-order valence-electron chi connectivity index (χ1n) is 7.07. The molecule has 0 unspecified atom stereocenters. The second-order valence-electron chi connectivity index (χ2n) is 4.98. The molecule has 2 aromatic rings. The maximum Gasteiger partial charge on any atom is 0.234 e. The lowest BCUT2D eigenvalue weighted by atomic mass is 10.2. The monoisotopic (exact) mass is 330 g/mol. The highest BCUT2D eigenvalue weighted by Crippen LogP contribution is 2.23. The number of phenols is 1. The molecule has 2 rings (SSSR count). The number of hydrogen-bond acceptors (Lipinski definition) is 4. The highest BCUT2D eigenvalue weighted by molar-refractivity contribution is 8.00. The van der Waals surface area contributed by atoms with E-state index in [4.69, 9.17) is 0 Å². The van der Waals surface area contributed by atoms with E-state index in [1.54, 1.807) is 24.3 Å². The van der Waals surface area contributed by atoms with Gasteiger partial charge in [0.25, 0.3) is 0 Å². The minimum absolute atomic E-state index is 0.0239. The number of amides is 2. The van der Waals surface area contributed by atoms with Crippen molar-refractivity contribution in [3.63, 3.8) is 0 Å². The van der Waals surface area contributed by atoms with E-state index >= 15 is 0 Å². The summed E-state index contributed by atoms with van der Waals surface area (Å²) in [7, 11) is 0. The number of rotatable bonds is 6. The summed E-state index contributed by atoms with van der Waals surface area (Å²) in [5.74, 6) is -0.0795. The van der Waals surface area contributed by atoms with E-state index in [-0.39, 0.29) is 29.1 Å². The maximum absolute atomic E-state index is 11.8. The molecule has 2 aromatic carbocycles. The summed E-state index contributed by atoms with van der Waals surface area (Å²) >= 11 is 1.21. The number of anilines is 2. The van der Waals surface area contributed by atoms with Crippen molar-refractivity contribution in [1.29, 1.82) is 0 Å². The molecule has 5 nitrogen and oxygen atoms in total. The largest absolute Gasteiger partial charge is 0.506 e. The van der Waals surface area contributed by atoms with Crippen molar-refractivity contribution in [2.75, 3.05) is 22.1 Å². The molecule has 2 amide bonds. The third-order valence-electron chi connectivity index (χ3n) is 2.95. The van der Waals surface area contributed by atoms with Crippen LogP contribution >= 0.6 is 11.8 Å². The molecule has 120 valence electrons. The van der Waals surface area contributed by atoms with E-state index in [9.17, 15) is 14.7 Å². The number of para-hydroxylation sites is 1. The Morgan fingerprint density at radius 1 is 1.00 bits per heavy atom. The number of thioether (sulfide) groups is 1. The van der Waals surface area contributed by atoms with Gasteiger partial charge < -0.3 is 15.7 Å². The number of carbonyl (C=O) groups is 2. The van der Waals surface area contributed by atoms with Crippen molar-refractivity contribution in [1.82, 2.24) is 0 Å². The number of hydrogen-bond donors (Lipinski definition) is 3. The Morgan fingerprint density at radius 3 is 2.35 bits per heavy atom. The van der Waals surface area contributed by atoms with Crippen LogP contribution in [-0.2, 0) is 9.59 Å². The van der Waals surface area contributed by atoms with Crippen LogP contribution in [0.1, 0.15) is 5.56 Å². The van der Waals surface area contributed by atoms with E-state index < -0.39 is 0 Å². The van der Waals surface area contributed by atoms with Crippen LogP contribution in [0.15, 0.2) is 48.5 Å². The number of benzene rings is 2. The molecule has 3 N–H and O–H groups in total. The molecule has 0 heterocycles. The van der Waals surface area contributed by atoms with Crippen molar-refractivity contribution in [3.05, 3.63) is 54.1 Å². The molecule has 0 aromatic heterocycles. The van der Waals surface area contributed by atoms with Gasteiger partial charge in [0.15, 0.2) is 0 Å². The van der Waals surface area contributed by atoms with Crippen molar-refractivity contribution < 1.29 is 14.7 Å². The first-order chi connectivity index (χ1) is 11.0. The first-order valence-corrected chi connectivity index (χ1v) is 8.22. The van der Waals surface area contributed by atoms with Crippen LogP contribution in [0.25, 0.3) is 0 Å². The van der Waals surface area contributed by atoms with E-state index in [1.807, 2.05) is 25.1 Å². The van der Waals surface area contributed by atoms with E-state index in [1.165, 1.54) is 17.8 Å². The SMILES string of the molecule is Cc1ccc(O)c(NC(=O)CSCC(=O)Nc2ccccc2)c1. The van der Waals surface area contributed by atoms with E-state index in [0.717, 1.165) is 11.3 Å². The minimum Gasteiger partial charge on any atom is -0.506 e. The summed E-state index contributed by atoms with van der Waals surface area (Å²) in [5, 5.41) is 15.1. The molecule has 0 aliphatic carbocycles. The van der Waals surface area contributed by atoms with Gasteiger partial charge >= 0.3 is 0 Å². The molecule has 0 aliphatic rings. The van der Waals surface area contributed by atoms with Gasteiger partial charge in [0, 0.05) is 5.69 Å². The molecule has 0 saturated carbocycles. The lowest BCUT2D eigenvalue weighted by Gasteiger charge is -2.08. The third-order valence-corrected chi connectivity index (χ3v) is 3.88. The lowest BCUT2D eigenvalue weighted by Crippen LogP contribution is -2.18. The predicted octanol–water partition coefficient (Wildman–Crippen LogP) is 3.01. The molecule has 23 heavy (non-hydrogen) atoms. The fourth-order valence-electron chi connectivity index (χ4n) is 1.89. The van der Waals surface area contributed by atoms with Crippen LogP contribution in [-0.4, -0.2) is 28.4 Å². The number of aromatic hydroxyl groups is 1. The van der Waals surface area contributed by atoms with Crippen LogP contribution < -0.4 is 10.6 Å². The van der Waals surface area contributed by atoms with Gasteiger partial charge in [0.2, 0.25) is 11.8 Å². The zero-order valence-corrected chi connectivity index (χ0v) is 13.5. The van der Waals surface area contributed by atoms with E-state index in [0.29, 0.717) is 5.69 Å². The average molecular weight is 330 g/mol. The Morgan fingerprint density at radius 2 is 1.65 bits per heavy atom. The summed E-state index contributed by atoms with van der Waals surface area (Å²) in [6.45, 7) is 1.87. The Kier molecular flexibility index (Phi) is 6.05. The van der Waals surface area contributed by atoms with Gasteiger partial charge in [-0.25, -0.2) is 0 Å². The topological polar surface area (TPSA) is 78.4 Å². The van der Waals surface area contributed by atoms with Gasteiger partial charge in [-0.15, -0.1) is 11.8 Å². The normalized spacial score (nSPS) is 10.1. The van der Waals surface area contributed by atoms with Crippen molar-refractivity contribution >= 4 is 35.0 Å². The Balaban J connectivity index is 1.74. The van der Waals surface area contributed by atoms with Crippen LogP contribution in [0.4, 0.5) is 11.4 Å². The standard InChI is InChI=1S/C17H18N2O3S/c1-12-7-8-15(20)14(9-12)19-17(22)11-23-10-16(21)18-13-5-3-2-4-6-13/h2-9,20H,10-11H2,1H3,(H,18,21)(H,19,22). The molecular weight excluding hydrogens is 312 g/mol. The quantitative estimate of drug-likeness (QED) is 0.712. The second kappa shape index (κ2) is 8.24. The Bertz CT molecular complexity index is 689. The first kappa shape index (κ1) is 16.9. The fraction of sp³-hybridized carbons (Fsp3) is 0.176. The summed E-state index contributed by atoms with van der Waals surface area (Å²) in [6, 6.07) is 14.1. The highest BCUT2D eigenvalue weighted by Gasteiger charge is 2.08. The predicted molar refractivity (Wildman–Crippen MR) is 93.9 cm³/mol. The fourth-order valence-corrected chi connectivity index (χ4v) is 2.51. The number of phenolic OH excluding ortho intramolecular Hbond substituents is 1. The average Bonchev–Trinajstić information content (AvgIpc) is 2.52. The van der Waals surface area contributed by atoms with E-state index in [2.05, 4.69) is 10.6 Å². The summed E-state index contributed by atoms with van der Waals surface area (Å²) < 4.78 is 0. The van der Waals surface area contributed by atoms with Crippen molar-refractivity contribution in [3.8, 4) is 5.75 Å². The highest BCUT2D eigenvalue weighted by atomic mass is 32.2. The van der Waals surface area contributed by atoms with Crippen molar-refractivity contribution in [2.45, 2.75) is 6.92 Å². The molecular formula is C17H18N2O3S. The zero-order chi connectivity index (χ0) is 16.7. The molecule has 0 saturated heterocycles. The van der Waals surface area contributed by atoms with Gasteiger partial charge in [-0.1, -0.05) is 24.3 Å². The van der Waals surface area contributed by atoms with Gasteiger partial charge in [-0.05, 0) is 36.8 Å². The number of carbonyl (C=O) groups excluding carboxylic acids is 2. The second-order valence-corrected chi connectivity index (χ2v) is 5.96. The minimum atomic E-state index is -0.261. The number of aryl methyl sites for hydroxylation is 1. The van der Waals surface area contributed by atoms with Crippen LogP contribution in [0.3, 0.4) is 0 Å². The zero-order valence-electron chi connectivity index (χ0n) is 12.7. The van der Waals surface area contributed by atoms with Crippen LogP contribution in [0.2, 0.25) is 0 Å². The molecule has 0 fully saturated rings. The van der Waals surface area contributed by atoms with Crippen molar-refractivity contribution in [2.24, 2.45) is 0 Å². The Labute approximate surface area is 139 Å². The summed E-state index contributed by atoms with van der Waals surface area (Å²) in [6.07, 6.45) is 0. The van der Waals surface area contributed by atoms with Gasteiger partial charge in [-0.3, -0.25) is 9.59 Å². The molecule has 0 radical (unpaired) electrons. The summed E-state index contributed by atoms with van der Waals surface area (Å²) in [4.78, 5) is 23.6. The van der Waals surface area contributed by atoms with Gasteiger partial charge in [0.05, 0.1) is 17.2 Å².